The highest BCUT2D eigenvalue weighted by molar-refractivity contribution is 5.93. The van der Waals surface area contributed by atoms with Crippen LogP contribution in [0.15, 0.2) is 36.4 Å². The molecule has 1 fully saturated rings. The number of ether oxygens (including phenoxy) is 1. The van der Waals surface area contributed by atoms with E-state index in [1.807, 2.05) is 6.07 Å². The first-order valence-electron chi connectivity index (χ1n) is 9.64. The Kier molecular flexibility index (Phi) is 5.99. The first kappa shape index (κ1) is 19.2. The minimum absolute atomic E-state index is 0.0792. The molecule has 144 valence electrons. The van der Waals surface area contributed by atoms with Crippen LogP contribution in [0.5, 0.6) is 5.75 Å². The molecule has 4 nitrogen and oxygen atoms in total. The van der Waals surface area contributed by atoms with Crippen LogP contribution in [0.4, 0.5) is 15.8 Å². The molecule has 27 heavy (non-hydrogen) atoms. The van der Waals surface area contributed by atoms with Crippen molar-refractivity contribution in [2.24, 2.45) is 5.92 Å². The molecule has 1 aliphatic carbocycles. The molecule has 5 heteroatoms. The molecule has 0 saturated heterocycles. The third kappa shape index (κ3) is 4.79. The average molecular weight is 370 g/mol. The maximum absolute atomic E-state index is 14.5. The van der Waals surface area contributed by atoms with Crippen molar-refractivity contribution in [3.05, 3.63) is 53.3 Å². The van der Waals surface area contributed by atoms with Crippen molar-refractivity contribution in [2.75, 3.05) is 11.5 Å². The van der Waals surface area contributed by atoms with E-state index in [4.69, 9.17) is 16.2 Å². The van der Waals surface area contributed by atoms with Gasteiger partial charge in [0.2, 0.25) is 0 Å². The number of nitrogens with two attached hydrogens (primary N) is 2. The molecule has 0 bridgehead atoms. The van der Waals surface area contributed by atoms with Crippen molar-refractivity contribution < 1.29 is 13.9 Å². The van der Waals surface area contributed by atoms with Crippen molar-refractivity contribution in [2.45, 2.75) is 51.4 Å². The SMILES string of the molecule is CCCC1CCC(c2ccc(OC(=O)c3cc(N)cc(N)c3)c(F)c2)CC1. The summed E-state index contributed by atoms with van der Waals surface area (Å²) in [5.74, 6) is -0.0910. The number of rotatable bonds is 5. The lowest BCUT2D eigenvalue weighted by atomic mass is 9.77. The maximum atomic E-state index is 14.5. The fourth-order valence-electron chi connectivity index (χ4n) is 4.00. The van der Waals surface area contributed by atoms with Gasteiger partial charge in [0.05, 0.1) is 5.56 Å². The Morgan fingerprint density at radius 2 is 1.74 bits per heavy atom. The second kappa shape index (κ2) is 8.42. The van der Waals surface area contributed by atoms with E-state index in [2.05, 4.69) is 6.92 Å². The highest BCUT2D eigenvalue weighted by Gasteiger charge is 2.23. The second-order valence-electron chi connectivity index (χ2n) is 7.47. The summed E-state index contributed by atoms with van der Waals surface area (Å²) in [7, 11) is 0. The smallest absolute Gasteiger partial charge is 0.343 e. The van der Waals surface area contributed by atoms with Gasteiger partial charge in [0.25, 0.3) is 0 Å². The molecule has 0 heterocycles. The van der Waals surface area contributed by atoms with Crippen molar-refractivity contribution in [3.8, 4) is 5.75 Å². The van der Waals surface area contributed by atoms with E-state index in [-0.39, 0.29) is 11.3 Å². The average Bonchev–Trinajstić information content (AvgIpc) is 2.63. The third-order valence-electron chi connectivity index (χ3n) is 5.39. The van der Waals surface area contributed by atoms with Gasteiger partial charge in [0, 0.05) is 11.4 Å². The molecule has 2 aromatic carbocycles. The summed E-state index contributed by atoms with van der Waals surface area (Å²) >= 11 is 0. The van der Waals surface area contributed by atoms with E-state index in [9.17, 15) is 9.18 Å². The minimum Gasteiger partial charge on any atom is -0.420 e. The first-order valence-corrected chi connectivity index (χ1v) is 9.64. The van der Waals surface area contributed by atoms with Crippen LogP contribution in [-0.2, 0) is 0 Å². The molecule has 1 saturated carbocycles. The van der Waals surface area contributed by atoms with Gasteiger partial charge in [0.15, 0.2) is 11.6 Å². The number of hydrogen-bond donors (Lipinski definition) is 2. The van der Waals surface area contributed by atoms with Gasteiger partial charge in [-0.2, -0.15) is 0 Å². The zero-order valence-electron chi connectivity index (χ0n) is 15.7. The maximum Gasteiger partial charge on any atom is 0.343 e. The lowest BCUT2D eigenvalue weighted by molar-refractivity contribution is 0.0728. The molecule has 1 aliphatic rings. The number of hydrogen-bond acceptors (Lipinski definition) is 4. The lowest BCUT2D eigenvalue weighted by Gasteiger charge is -2.28. The van der Waals surface area contributed by atoms with Crippen molar-refractivity contribution >= 4 is 17.3 Å². The number of carbonyl (C=O) groups excluding carboxylic acids is 1. The molecule has 3 rings (SSSR count). The van der Waals surface area contributed by atoms with Gasteiger partial charge in [-0.3, -0.25) is 0 Å². The Bertz CT molecular complexity index is 794. The van der Waals surface area contributed by atoms with Crippen molar-refractivity contribution in [3.63, 3.8) is 0 Å². The van der Waals surface area contributed by atoms with Gasteiger partial charge in [0.1, 0.15) is 0 Å². The Hall–Kier alpha value is -2.56. The van der Waals surface area contributed by atoms with Crippen LogP contribution < -0.4 is 16.2 Å². The summed E-state index contributed by atoms with van der Waals surface area (Å²) in [5.41, 5.74) is 13.3. The monoisotopic (exact) mass is 370 g/mol. The van der Waals surface area contributed by atoms with E-state index in [0.717, 1.165) is 24.3 Å². The molecule has 4 N–H and O–H groups in total. The summed E-state index contributed by atoms with van der Waals surface area (Å²) in [6, 6.07) is 9.36. The molecule has 0 spiro atoms. The summed E-state index contributed by atoms with van der Waals surface area (Å²) in [5, 5.41) is 0. The molecular formula is C22H27FN2O2. The lowest BCUT2D eigenvalue weighted by Crippen LogP contribution is -2.14. The summed E-state index contributed by atoms with van der Waals surface area (Å²) in [6.45, 7) is 2.22. The van der Waals surface area contributed by atoms with Crippen LogP contribution in [0.2, 0.25) is 0 Å². The Labute approximate surface area is 159 Å². The molecule has 0 unspecified atom stereocenters. The zero-order chi connectivity index (χ0) is 19.4. The predicted octanol–water partition coefficient (Wildman–Crippen LogP) is 5.28. The van der Waals surface area contributed by atoms with E-state index < -0.39 is 11.8 Å². The van der Waals surface area contributed by atoms with Gasteiger partial charge < -0.3 is 16.2 Å². The Balaban J connectivity index is 1.67. The number of nitrogen functional groups attached to an aromatic ring is 2. The van der Waals surface area contributed by atoms with Gasteiger partial charge >= 0.3 is 5.97 Å². The number of carbonyl (C=O) groups is 1. The fraction of sp³-hybridized carbons (Fsp3) is 0.409. The number of benzene rings is 2. The van der Waals surface area contributed by atoms with Crippen LogP contribution in [0.1, 0.15) is 67.3 Å². The molecule has 0 radical (unpaired) electrons. The summed E-state index contributed by atoms with van der Waals surface area (Å²) < 4.78 is 19.7. The summed E-state index contributed by atoms with van der Waals surface area (Å²) in [6.07, 6.45) is 7.09. The van der Waals surface area contributed by atoms with E-state index in [1.165, 1.54) is 49.9 Å². The van der Waals surface area contributed by atoms with Crippen molar-refractivity contribution in [1.82, 2.24) is 0 Å². The van der Waals surface area contributed by atoms with Crippen LogP contribution in [0, 0.1) is 11.7 Å². The van der Waals surface area contributed by atoms with Crippen LogP contribution in [0.3, 0.4) is 0 Å². The van der Waals surface area contributed by atoms with E-state index >= 15 is 0 Å². The minimum atomic E-state index is -0.680. The predicted molar refractivity (Wildman–Crippen MR) is 106 cm³/mol. The van der Waals surface area contributed by atoms with Crippen LogP contribution >= 0.6 is 0 Å². The molecule has 2 aromatic rings. The highest BCUT2D eigenvalue weighted by atomic mass is 19.1. The second-order valence-corrected chi connectivity index (χ2v) is 7.47. The number of anilines is 2. The van der Waals surface area contributed by atoms with E-state index in [0.29, 0.717) is 17.3 Å². The number of halogens is 1. The van der Waals surface area contributed by atoms with Gasteiger partial charge in [-0.25, -0.2) is 9.18 Å². The third-order valence-corrected chi connectivity index (χ3v) is 5.39. The zero-order valence-corrected chi connectivity index (χ0v) is 15.7. The normalized spacial score (nSPS) is 19.6. The molecule has 0 aliphatic heterocycles. The van der Waals surface area contributed by atoms with Gasteiger partial charge in [-0.15, -0.1) is 0 Å². The topological polar surface area (TPSA) is 78.3 Å². The quantitative estimate of drug-likeness (QED) is 0.426. The Morgan fingerprint density at radius 1 is 1.07 bits per heavy atom. The summed E-state index contributed by atoms with van der Waals surface area (Å²) in [4.78, 5) is 12.3. The highest BCUT2D eigenvalue weighted by Crippen LogP contribution is 2.38. The van der Waals surface area contributed by atoms with Gasteiger partial charge in [-0.05, 0) is 73.4 Å². The standard InChI is InChI=1S/C22H27FN2O2/c1-2-3-14-4-6-15(7-5-14)16-8-9-21(20(23)12-16)27-22(26)17-10-18(24)13-19(25)11-17/h8-15H,2-7,24-25H2,1H3. The molecular weight excluding hydrogens is 343 g/mol. The van der Waals surface area contributed by atoms with E-state index in [1.54, 1.807) is 6.07 Å². The first-order chi connectivity index (χ1) is 13.0. The largest absolute Gasteiger partial charge is 0.420 e. The Morgan fingerprint density at radius 3 is 2.33 bits per heavy atom. The molecule has 0 aromatic heterocycles. The van der Waals surface area contributed by atoms with Crippen LogP contribution in [-0.4, -0.2) is 5.97 Å². The van der Waals surface area contributed by atoms with Crippen LogP contribution in [0.25, 0.3) is 0 Å². The van der Waals surface area contributed by atoms with Crippen molar-refractivity contribution in [1.29, 1.82) is 0 Å². The fourth-order valence-corrected chi connectivity index (χ4v) is 4.00. The van der Waals surface area contributed by atoms with Gasteiger partial charge in [-0.1, -0.05) is 25.8 Å². The molecule has 0 amide bonds. The number of esters is 1. The molecule has 0 atom stereocenters.